The van der Waals surface area contributed by atoms with Crippen molar-refractivity contribution in [2.24, 2.45) is 0 Å². The van der Waals surface area contributed by atoms with Gasteiger partial charge in [-0.3, -0.25) is 4.79 Å². The molecule has 4 nitrogen and oxygen atoms in total. The molecule has 0 unspecified atom stereocenters. The average molecular weight is 390 g/mol. The molecule has 2 rings (SSSR count). The lowest BCUT2D eigenvalue weighted by Gasteiger charge is -2.18. The first kappa shape index (κ1) is 19.4. The number of halogens is 4. The van der Waals surface area contributed by atoms with Crippen LogP contribution in [0.2, 0.25) is 5.02 Å². The predicted octanol–water partition coefficient (Wildman–Crippen LogP) is 4.55. The molecule has 1 aromatic carbocycles. The lowest BCUT2D eigenvalue weighted by molar-refractivity contribution is -0.137. The van der Waals surface area contributed by atoms with Gasteiger partial charge in [0.1, 0.15) is 0 Å². The third-order valence-electron chi connectivity index (χ3n) is 3.13. The number of carbonyl (C=O) groups excluding carboxylic acids is 1. The number of anilines is 2. The van der Waals surface area contributed by atoms with E-state index in [4.69, 9.17) is 11.6 Å². The fourth-order valence-corrected chi connectivity index (χ4v) is 2.77. The van der Waals surface area contributed by atoms with Crippen molar-refractivity contribution in [1.29, 1.82) is 0 Å². The van der Waals surface area contributed by atoms with Gasteiger partial charge in [0, 0.05) is 25.3 Å². The molecule has 25 heavy (non-hydrogen) atoms. The number of carbonyl (C=O) groups is 1. The Balaban J connectivity index is 1.98. The third kappa shape index (κ3) is 5.54. The molecule has 0 aliphatic rings. The van der Waals surface area contributed by atoms with Crippen molar-refractivity contribution in [3.05, 3.63) is 47.1 Å². The minimum absolute atomic E-state index is 0.0117. The van der Waals surface area contributed by atoms with E-state index in [0.717, 1.165) is 29.7 Å². The summed E-state index contributed by atoms with van der Waals surface area (Å²) in [7, 11) is 3.67. The number of rotatable bonds is 5. The van der Waals surface area contributed by atoms with Crippen LogP contribution < -0.4 is 10.2 Å². The number of nitrogens with zero attached hydrogens (tertiary/aromatic N) is 2. The van der Waals surface area contributed by atoms with Gasteiger partial charge in [-0.1, -0.05) is 23.4 Å². The molecule has 1 aromatic heterocycles. The number of alkyl halides is 3. The number of benzene rings is 1. The van der Waals surface area contributed by atoms with Gasteiger partial charge in [0.05, 0.1) is 27.7 Å². The van der Waals surface area contributed by atoms with Crippen LogP contribution in [0.15, 0.2) is 41.6 Å². The van der Waals surface area contributed by atoms with Gasteiger partial charge in [0.15, 0.2) is 0 Å². The van der Waals surface area contributed by atoms with E-state index in [9.17, 15) is 18.0 Å². The summed E-state index contributed by atoms with van der Waals surface area (Å²) in [4.78, 5) is 17.6. The molecule has 1 N–H and O–H groups in total. The zero-order chi connectivity index (χ0) is 18.6. The first-order valence-electron chi connectivity index (χ1n) is 7.09. The highest BCUT2D eigenvalue weighted by atomic mass is 35.5. The summed E-state index contributed by atoms with van der Waals surface area (Å²) in [5.41, 5.74) is 0.523. The minimum atomic E-state index is -4.43. The monoisotopic (exact) mass is 389 g/mol. The van der Waals surface area contributed by atoms with E-state index in [1.807, 2.05) is 19.0 Å². The van der Waals surface area contributed by atoms with E-state index in [1.165, 1.54) is 6.07 Å². The number of hydrogen-bond acceptors (Lipinski definition) is 4. The maximum absolute atomic E-state index is 12.5. The van der Waals surface area contributed by atoms with E-state index in [-0.39, 0.29) is 11.7 Å². The molecule has 1 amide bonds. The zero-order valence-corrected chi connectivity index (χ0v) is 15.0. The molecular formula is C16H15ClF3N3OS. The van der Waals surface area contributed by atoms with Crippen LogP contribution in [0.5, 0.6) is 0 Å². The molecule has 0 bridgehead atoms. The summed E-state index contributed by atoms with van der Waals surface area (Å²) in [6, 6.07) is 7.31. The van der Waals surface area contributed by atoms with E-state index >= 15 is 0 Å². The van der Waals surface area contributed by atoms with E-state index < -0.39 is 11.7 Å². The van der Waals surface area contributed by atoms with Crippen LogP contribution in [0, 0.1) is 0 Å². The molecule has 0 aliphatic carbocycles. The maximum atomic E-state index is 12.5. The van der Waals surface area contributed by atoms with Crippen LogP contribution in [0.25, 0.3) is 0 Å². The van der Waals surface area contributed by atoms with Gasteiger partial charge in [-0.2, -0.15) is 13.2 Å². The van der Waals surface area contributed by atoms with Crippen molar-refractivity contribution in [3.8, 4) is 0 Å². The van der Waals surface area contributed by atoms with Crippen LogP contribution in [0.1, 0.15) is 5.56 Å². The van der Waals surface area contributed by atoms with Gasteiger partial charge >= 0.3 is 6.18 Å². The molecule has 0 saturated carbocycles. The van der Waals surface area contributed by atoms with Gasteiger partial charge in [-0.05, 0) is 30.3 Å². The smallest absolute Gasteiger partial charge is 0.376 e. The summed E-state index contributed by atoms with van der Waals surface area (Å²) < 4.78 is 37.5. The fraction of sp³-hybridized carbons (Fsp3) is 0.250. The number of amides is 1. The van der Waals surface area contributed by atoms with E-state index in [1.54, 1.807) is 18.2 Å². The number of nitrogens with one attached hydrogen (secondary N) is 1. The first-order valence-corrected chi connectivity index (χ1v) is 8.46. The van der Waals surface area contributed by atoms with Gasteiger partial charge in [0.2, 0.25) is 5.91 Å². The van der Waals surface area contributed by atoms with E-state index in [2.05, 4.69) is 10.3 Å². The van der Waals surface area contributed by atoms with Gasteiger partial charge in [-0.25, -0.2) is 4.98 Å². The maximum Gasteiger partial charge on any atom is 0.417 e. The second-order valence-corrected chi connectivity index (χ2v) is 6.71. The summed E-state index contributed by atoms with van der Waals surface area (Å²) in [5, 5.41) is 3.56. The molecule has 1 heterocycles. The number of aromatic nitrogens is 1. The molecule has 2 aromatic rings. The van der Waals surface area contributed by atoms with Crippen LogP contribution in [0.4, 0.5) is 24.5 Å². The largest absolute Gasteiger partial charge is 0.417 e. The number of thioether (sulfide) groups is 1. The molecule has 9 heteroatoms. The Bertz CT molecular complexity index is 751. The Kier molecular flexibility index (Phi) is 6.18. The Hall–Kier alpha value is -1.93. The molecule has 0 aliphatic heterocycles. The normalized spacial score (nSPS) is 11.3. The molecule has 0 fully saturated rings. The van der Waals surface area contributed by atoms with Gasteiger partial charge in [0.25, 0.3) is 0 Å². The van der Waals surface area contributed by atoms with Crippen LogP contribution in [-0.4, -0.2) is 30.7 Å². The first-order chi connectivity index (χ1) is 11.7. The van der Waals surface area contributed by atoms with Crippen molar-refractivity contribution in [2.75, 3.05) is 30.1 Å². The molecule has 0 atom stereocenters. The predicted molar refractivity (Wildman–Crippen MR) is 94.4 cm³/mol. The number of pyridine rings is 1. The molecular weight excluding hydrogens is 375 g/mol. The second kappa shape index (κ2) is 7.97. The van der Waals surface area contributed by atoms with Gasteiger partial charge < -0.3 is 10.2 Å². The molecule has 0 spiro atoms. The summed E-state index contributed by atoms with van der Waals surface area (Å²) >= 11 is 7.00. The Morgan fingerprint density at radius 3 is 2.56 bits per heavy atom. The van der Waals surface area contributed by atoms with Crippen LogP contribution in [-0.2, 0) is 11.0 Å². The van der Waals surface area contributed by atoms with Crippen molar-refractivity contribution in [1.82, 2.24) is 4.98 Å². The molecule has 134 valence electrons. The molecule has 0 radical (unpaired) electrons. The third-order valence-corrected chi connectivity index (χ3v) is 4.31. The SMILES string of the molecule is CN(C)c1ccc(Cl)cc1NC(=O)CSc1ccc(C(F)(F)F)cn1. The second-order valence-electron chi connectivity index (χ2n) is 5.28. The Morgan fingerprint density at radius 1 is 1.28 bits per heavy atom. The van der Waals surface area contributed by atoms with Crippen molar-refractivity contribution in [3.63, 3.8) is 0 Å². The fourth-order valence-electron chi connectivity index (χ4n) is 1.96. The highest BCUT2D eigenvalue weighted by Gasteiger charge is 2.30. The standard InChI is InChI=1S/C16H15ClF3N3OS/c1-23(2)13-5-4-11(17)7-12(13)22-14(24)9-25-15-6-3-10(8-21-15)16(18,19)20/h3-8H,9H2,1-2H3,(H,22,24). The Morgan fingerprint density at radius 2 is 2.00 bits per heavy atom. The summed E-state index contributed by atoms with van der Waals surface area (Å²) in [6.07, 6.45) is -3.68. The lowest BCUT2D eigenvalue weighted by atomic mass is 10.2. The lowest BCUT2D eigenvalue weighted by Crippen LogP contribution is -2.18. The van der Waals surface area contributed by atoms with Crippen LogP contribution in [0.3, 0.4) is 0 Å². The van der Waals surface area contributed by atoms with Crippen LogP contribution >= 0.6 is 23.4 Å². The van der Waals surface area contributed by atoms with Crippen molar-refractivity contribution >= 4 is 40.6 Å². The average Bonchev–Trinajstić information content (AvgIpc) is 2.52. The minimum Gasteiger partial charge on any atom is -0.376 e. The number of hydrogen-bond donors (Lipinski definition) is 1. The summed E-state index contributed by atoms with van der Waals surface area (Å²) in [5.74, 6) is -0.297. The highest BCUT2D eigenvalue weighted by molar-refractivity contribution is 7.99. The van der Waals surface area contributed by atoms with Gasteiger partial charge in [-0.15, -0.1) is 0 Å². The quantitative estimate of drug-likeness (QED) is 0.762. The zero-order valence-electron chi connectivity index (χ0n) is 13.4. The highest BCUT2D eigenvalue weighted by Crippen LogP contribution is 2.30. The van der Waals surface area contributed by atoms with Crippen molar-refractivity contribution in [2.45, 2.75) is 11.2 Å². The summed E-state index contributed by atoms with van der Waals surface area (Å²) in [6.45, 7) is 0. The topological polar surface area (TPSA) is 45.2 Å². The molecule has 0 saturated heterocycles. The Labute approximate surface area is 152 Å². The van der Waals surface area contributed by atoms with Crippen molar-refractivity contribution < 1.29 is 18.0 Å². The van der Waals surface area contributed by atoms with E-state index in [0.29, 0.717) is 15.7 Å².